The quantitative estimate of drug-likeness (QED) is 0.652. The van der Waals surface area contributed by atoms with Crippen molar-refractivity contribution in [1.82, 2.24) is 15.5 Å². The van der Waals surface area contributed by atoms with E-state index < -0.39 is 4.92 Å². The van der Waals surface area contributed by atoms with E-state index in [0.717, 1.165) is 0 Å². The maximum Gasteiger partial charge on any atom is 0.286 e. The Labute approximate surface area is 131 Å². The van der Waals surface area contributed by atoms with Gasteiger partial charge in [-0.25, -0.2) is 0 Å². The van der Waals surface area contributed by atoms with Gasteiger partial charge >= 0.3 is 0 Å². The number of nitrogens with zero attached hydrogens (tertiary/aromatic N) is 3. The number of benzene rings is 1. The molecule has 1 unspecified atom stereocenters. The van der Waals surface area contributed by atoms with Crippen LogP contribution in [0, 0.1) is 10.1 Å². The molecule has 2 heterocycles. The van der Waals surface area contributed by atoms with E-state index in [9.17, 15) is 10.1 Å². The monoisotopic (exact) mass is 320 g/mol. The average molecular weight is 320 g/mol. The van der Waals surface area contributed by atoms with Crippen molar-refractivity contribution in [3.05, 3.63) is 28.1 Å². The lowest BCUT2D eigenvalue weighted by Gasteiger charge is -2.18. The maximum absolute atomic E-state index is 11.3. The Kier molecular flexibility index (Phi) is 4.11. The molecule has 1 aliphatic rings. The summed E-state index contributed by atoms with van der Waals surface area (Å²) in [5.74, 6) is 1.34. The van der Waals surface area contributed by atoms with E-state index in [-0.39, 0.29) is 23.2 Å². The molecular weight excluding hydrogens is 304 g/mol. The molecule has 1 N–H and O–H groups in total. The van der Waals surface area contributed by atoms with Crippen LogP contribution < -0.4 is 14.8 Å². The molecule has 0 radical (unpaired) electrons. The van der Waals surface area contributed by atoms with Crippen LogP contribution in [0.2, 0.25) is 0 Å². The SMILES string of the molecule is CNC(C)Cc1noc(-c2cc3c(cc2[N+](=O)[O-])OCCO3)n1. The van der Waals surface area contributed by atoms with Crippen molar-refractivity contribution >= 4 is 5.69 Å². The smallest absolute Gasteiger partial charge is 0.286 e. The Bertz CT molecular complexity index is 730. The molecular formula is C14H16N4O5. The molecule has 0 saturated heterocycles. The van der Waals surface area contributed by atoms with Crippen LogP contribution in [0.1, 0.15) is 12.7 Å². The zero-order valence-corrected chi connectivity index (χ0v) is 12.7. The highest BCUT2D eigenvalue weighted by molar-refractivity contribution is 5.72. The number of fused-ring (bicyclic) bond motifs is 1. The molecule has 9 nitrogen and oxygen atoms in total. The van der Waals surface area contributed by atoms with Gasteiger partial charge in [-0.15, -0.1) is 0 Å². The summed E-state index contributed by atoms with van der Waals surface area (Å²) in [5, 5.41) is 18.3. The number of nitro benzene ring substituents is 1. The number of likely N-dealkylation sites (N-methyl/N-ethyl adjacent to an activating group) is 1. The van der Waals surface area contributed by atoms with Crippen molar-refractivity contribution in [3.63, 3.8) is 0 Å². The van der Waals surface area contributed by atoms with Gasteiger partial charge in [0.15, 0.2) is 17.3 Å². The van der Waals surface area contributed by atoms with Crippen molar-refractivity contribution in [3.8, 4) is 23.0 Å². The summed E-state index contributed by atoms with van der Waals surface area (Å²) >= 11 is 0. The number of rotatable bonds is 5. The molecule has 1 aliphatic heterocycles. The molecule has 0 fully saturated rings. The molecule has 122 valence electrons. The van der Waals surface area contributed by atoms with Gasteiger partial charge in [0, 0.05) is 18.5 Å². The number of hydrogen-bond donors (Lipinski definition) is 1. The van der Waals surface area contributed by atoms with Crippen molar-refractivity contribution in [2.45, 2.75) is 19.4 Å². The summed E-state index contributed by atoms with van der Waals surface area (Å²) in [6, 6.07) is 2.99. The standard InChI is InChI=1S/C14H16N4O5/c1-8(15-2)5-13-16-14(23-17-13)9-6-11-12(22-4-3-21-11)7-10(9)18(19)20/h6-8,15H,3-5H2,1-2H3. The third-order valence-corrected chi connectivity index (χ3v) is 3.54. The Balaban J connectivity index is 1.99. The van der Waals surface area contributed by atoms with Crippen LogP contribution in [0.25, 0.3) is 11.5 Å². The molecule has 0 saturated carbocycles. The lowest BCUT2D eigenvalue weighted by atomic mass is 10.1. The second-order valence-corrected chi connectivity index (χ2v) is 5.18. The first-order valence-electron chi connectivity index (χ1n) is 7.16. The van der Waals surface area contributed by atoms with Crippen molar-refractivity contribution < 1.29 is 18.9 Å². The highest BCUT2D eigenvalue weighted by Crippen LogP contribution is 2.40. The summed E-state index contributed by atoms with van der Waals surface area (Å²) in [5.41, 5.74) is 0.0567. The second kappa shape index (κ2) is 6.21. The first kappa shape index (κ1) is 15.2. The molecule has 0 spiro atoms. The van der Waals surface area contributed by atoms with Gasteiger partial charge in [0.2, 0.25) is 0 Å². The second-order valence-electron chi connectivity index (χ2n) is 5.18. The Morgan fingerprint density at radius 3 is 2.70 bits per heavy atom. The van der Waals surface area contributed by atoms with Gasteiger partial charge < -0.3 is 19.3 Å². The van der Waals surface area contributed by atoms with Gasteiger partial charge in [-0.05, 0) is 14.0 Å². The van der Waals surface area contributed by atoms with Gasteiger partial charge in [0.25, 0.3) is 11.6 Å². The van der Waals surface area contributed by atoms with Gasteiger partial charge in [0.1, 0.15) is 18.8 Å². The molecule has 1 atom stereocenters. The first-order chi connectivity index (χ1) is 11.1. The van der Waals surface area contributed by atoms with Gasteiger partial charge in [-0.2, -0.15) is 4.98 Å². The van der Waals surface area contributed by atoms with Crippen LogP contribution in [0.4, 0.5) is 5.69 Å². The summed E-state index contributed by atoms with van der Waals surface area (Å²) in [7, 11) is 1.83. The van der Waals surface area contributed by atoms with E-state index in [2.05, 4.69) is 15.5 Å². The van der Waals surface area contributed by atoms with Crippen LogP contribution in [0.3, 0.4) is 0 Å². The summed E-state index contributed by atoms with van der Waals surface area (Å²) in [4.78, 5) is 15.1. The number of nitrogens with one attached hydrogen (secondary N) is 1. The summed E-state index contributed by atoms with van der Waals surface area (Å²) in [6.07, 6.45) is 0.554. The Morgan fingerprint density at radius 2 is 2.04 bits per heavy atom. The van der Waals surface area contributed by atoms with Crippen LogP contribution in [0.15, 0.2) is 16.7 Å². The molecule has 9 heteroatoms. The Hall–Kier alpha value is -2.68. The molecule has 1 aromatic carbocycles. The number of nitro groups is 1. The minimum atomic E-state index is -0.506. The molecule has 0 aliphatic carbocycles. The normalized spacial score (nSPS) is 14.5. The maximum atomic E-state index is 11.3. The highest BCUT2D eigenvalue weighted by atomic mass is 16.6. The zero-order chi connectivity index (χ0) is 16.4. The van der Waals surface area contributed by atoms with Crippen molar-refractivity contribution in [2.24, 2.45) is 0 Å². The molecule has 23 heavy (non-hydrogen) atoms. The van der Waals surface area contributed by atoms with E-state index in [0.29, 0.717) is 37.0 Å². The van der Waals surface area contributed by atoms with Crippen molar-refractivity contribution in [2.75, 3.05) is 20.3 Å². The summed E-state index contributed by atoms with van der Waals surface area (Å²) < 4.78 is 16.0. The lowest BCUT2D eigenvalue weighted by Crippen LogP contribution is -2.24. The van der Waals surface area contributed by atoms with Crippen LogP contribution in [-0.2, 0) is 6.42 Å². The van der Waals surface area contributed by atoms with Gasteiger partial charge in [-0.1, -0.05) is 5.16 Å². The molecule has 0 amide bonds. The van der Waals surface area contributed by atoms with E-state index in [1.54, 1.807) is 0 Å². The topological polar surface area (TPSA) is 113 Å². The third-order valence-electron chi connectivity index (χ3n) is 3.54. The van der Waals surface area contributed by atoms with E-state index >= 15 is 0 Å². The third kappa shape index (κ3) is 3.09. The number of aromatic nitrogens is 2. The van der Waals surface area contributed by atoms with E-state index in [1.807, 2.05) is 14.0 Å². The first-order valence-corrected chi connectivity index (χ1v) is 7.16. The van der Waals surface area contributed by atoms with Gasteiger partial charge in [-0.3, -0.25) is 10.1 Å². The minimum Gasteiger partial charge on any atom is -0.486 e. The Morgan fingerprint density at radius 1 is 1.35 bits per heavy atom. The molecule has 1 aromatic heterocycles. The van der Waals surface area contributed by atoms with Crippen LogP contribution >= 0.6 is 0 Å². The molecule has 2 aromatic rings. The predicted molar refractivity (Wildman–Crippen MR) is 79.6 cm³/mol. The van der Waals surface area contributed by atoms with Crippen LogP contribution in [0.5, 0.6) is 11.5 Å². The van der Waals surface area contributed by atoms with E-state index in [4.69, 9.17) is 14.0 Å². The highest BCUT2D eigenvalue weighted by Gasteiger charge is 2.26. The number of ether oxygens (including phenoxy) is 2. The number of hydrogen-bond acceptors (Lipinski definition) is 8. The fourth-order valence-electron chi connectivity index (χ4n) is 2.22. The van der Waals surface area contributed by atoms with Crippen molar-refractivity contribution in [1.29, 1.82) is 0 Å². The minimum absolute atomic E-state index is 0.0898. The van der Waals surface area contributed by atoms with Gasteiger partial charge in [0.05, 0.1) is 11.0 Å². The fourth-order valence-corrected chi connectivity index (χ4v) is 2.22. The predicted octanol–water partition coefficient (Wildman–Crippen LogP) is 1.57. The van der Waals surface area contributed by atoms with E-state index in [1.165, 1.54) is 12.1 Å². The fraction of sp³-hybridized carbons (Fsp3) is 0.429. The zero-order valence-electron chi connectivity index (χ0n) is 12.7. The van der Waals surface area contributed by atoms with Crippen LogP contribution in [-0.4, -0.2) is 41.4 Å². The largest absolute Gasteiger partial charge is 0.486 e. The average Bonchev–Trinajstić information content (AvgIpc) is 3.01. The lowest BCUT2D eigenvalue weighted by molar-refractivity contribution is -0.384. The summed E-state index contributed by atoms with van der Waals surface area (Å²) in [6.45, 7) is 2.72. The molecule has 3 rings (SSSR count). The molecule has 0 bridgehead atoms.